The standard InChI is InChI=1S/C13H22N2O4S/c1-10(2)11(12(16)17)15-20(18,19)9-13(8-14)6-4-3-5-7-13/h10-11,15H,3-7,9H2,1-2H3,(H,16,17)/t11-/m0/s1. The van der Waals surface area contributed by atoms with Crippen LogP contribution >= 0.6 is 0 Å². The third-order valence-corrected chi connectivity index (χ3v) is 5.30. The van der Waals surface area contributed by atoms with E-state index >= 15 is 0 Å². The first kappa shape index (κ1) is 16.9. The second-order valence-electron chi connectivity index (χ2n) is 5.89. The van der Waals surface area contributed by atoms with E-state index in [9.17, 15) is 18.5 Å². The fourth-order valence-electron chi connectivity index (χ4n) is 2.59. The average Bonchev–Trinajstić information content (AvgIpc) is 2.36. The first-order valence-electron chi connectivity index (χ1n) is 6.85. The molecule has 0 unspecified atom stereocenters. The van der Waals surface area contributed by atoms with E-state index < -0.39 is 27.4 Å². The number of hydrogen-bond donors (Lipinski definition) is 2. The zero-order valence-electron chi connectivity index (χ0n) is 11.9. The topological polar surface area (TPSA) is 107 Å². The van der Waals surface area contributed by atoms with Crippen LogP contribution in [-0.4, -0.2) is 31.3 Å². The normalized spacial score (nSPS) is 20.3. The van der Waals surface area contributed by atoms with Gasteiger partial charge in [-0.15, -0.1) is 0 Å². The summed E-state index contributed by atoms with van der Waals surface area (Å²) >= 11 is 0. The van der Waals surface area contributed by atoms with Gasteiger partial charge in [0.1, 0.15) is 6.04 Å². The van der Waals surface area contributed by atoms with Crippen molar-refractivity contribution in [1.29, 1.82) is 5.26 Å². The Bertz CT molecular complexity index is 487. The van der Waals surface area contributed by atoms with Crippen LogP contribution in [-0.2, 0) is 14.8 Å². The molecule has 0 saturated heterocycles. The van der Waals surface area contributed by atoms with Crippen LogP contribution in [0.15, 0.2) is 0 Å². The summed E-state index contributed by atoms with van der Waals surface area (Å²) in [6.07, 6.45) is 3.82. The van der Waals surface area contributed by atoms with Gasteiger partial charge in [-0.05, 0) is 18.8 Å². The lowest BCUT2D eigenvalue weighted by atomic mass is 9.77. The minimum atomic E-state index is -3.79. The zero-order chi connectivity index (χ0) is 15.4. The Kier molecular flexibility index (Phi) is 5.54. The largest absolute Gasteiger partial charge is 0.480 e. The Labute approximate surface area is 120 Å². The molecule has 6 nitrogen and oxygen atoms in total. The van der Waals surface area contributed by atoms with Gasteiger partial charge in [-0.1, -0.05) is 33.1 Å². The number of hydrogen-bond acceptors (Lipinski definition) is 4. The molecule has 2 N–H and O–H groups in total. The Morgan fingerprint density at radius 2 is 1.90 bits per heavy atom. The van der Waals surface area contributed by atoms with Gasteiger partial charge >= 0.3 is 5.97 Å². The van der Waals surface area contributed by atoms with E-state index in [4.69, 9.17) is 5.11 Å². The maximum Gasteiger partial charge on any atom is 0.321 e. The van der Waals surface area contributed by atoms with Gasteiger partial charge in [-0.25, -0.2) is 13.1 Å². The number of nitrogens with zero attached hydrogens (tertiary/aromatic N) is 1. The third-order valence-electron chi connectivity index (χ3n) is 3.75. The SMILES string of the molecule is CC(C)[C@H](NS(=O)(=O)CC1(C#N)CCCCC1)C(=O)O. The van der Waals surface area contributed by atoms with Crippen molar-refractivity contribution in [3.8, 4) is 6.07 Å². The highest BCUT2D eigenvalue weighted by molar-refractivity contribution is 7.89. The van der Waals surface area contributed by atoms with Crippen LogP contribution in [0, 0.1) is 22.7 Å². The van der Waals surface area contributed by atoms with Crippen LogP contribution in [0.5, 0.6) is 0 Å². The first-order chi connectivity index (χ1) is 9.21. The van der Waals surface area contributed by atoms with E-state index in [1.807, 2.05) is 0 Å². The molecule has 1 aliphatic rings. The van der Waals surface area contributed by atoms with Gasteiger partial charge in [0.05, 0.1) is 17.2 Å². The smallest absolute Gasteiger partial charge is 0.321 e. The van der Waals surface area contributed by atoms with Gasteiger partial charge in [0.25, 0.3) is 0 Å². The minimum absolute atomic E-state index is 0.312. The predicted octanol–water partition coefficient (Wildman–Crippen LogP) is 1.49. The lowest BCUT2D eigenvalue weighted by Gasteiger charge is -2.31. The van der Waals surface area contributed by atoms with Crippen molar-refractivity contribution in [3.05, 3.63) is 0 Å². The van der Waals surface area contributed by atoms with Crippen molar-refractivity contribution in [2.45, 2.75) is 52.0 Å². The van der Waals surface area contributed by atoms with Crippen LogP contribution in [0.4, 0.5) is 0 Å². The second kappa shape index (κ2) is 6.55. The second-order valence-corrected chi connectivity index (χ2v) is 7.64. The molecule has 0 bridgehead atoms. The van der Waals surface area contributed by atoms with E-state index in [1.54, 1.807) is 13.8 Å². The molecule has 0 spiro atoms. The molecule has 20 heavy (non-hydrogen) atoms. The first-order valence-corrected chi connectivity index (χ1v) is 8.51. The number of nitrogens with one attached hydrogen (secondary N) is 1. The molecule has 1 rings (SSSR count). The molecule has 0 aromatic carbocycles. The molecule has 0 amide bonds. The van der Waals surface area contributed by atoms with Crippen molar-refractivity contribution >= 4 is 16.0 Å². The van der Waals surface area contributed by atoms with Gasteiger partial charge in [-0.2, -0.15) is 5.26 Å². The van der Waals surface area contributed by atoms with E-state index in [0.717, 1.165) is 19.3 Å². The Balaban J connectivity index is 2.83. The monoisotopic (exact) mass is 302 g/mol. The number of sulfonamides is 1. The Morgan fingerprint density at radius 1 is 1.35 bits per heavy atom. The fourth-order valence-corrected chi connectivity index (χ4v) is 4.51. The molecule has 1 aliphatic carbocycles. The number of rotatable bonds is 6. The molecular weight excluding hydrogens is 280 g/mol. The molecular formula is C13H22N2O4S. The van der Waals surface area contributed by atoms with Crippen LogP contribution in [0.1, 0.15) is 46.0 Å². The fraction of sp³-hybridized carbons (Fsp3) is 0.846. The molecule has 1 saturated carbocycles. The number of carboxylic acids is 1. The van der Waals surface area contributed by atoms with E-state index in [2.05, 4.69) is 10.8 Å². The van der Waals surface area contributed by atoms with Crippen LogP contribution in [0.2, 0.25) is 0 Å². The van der Waals surface area contributed by atoms with Gasteiger partial charge in [0.2, 0.25) is 10.0 Å². The quantitative estimate of drug-likeness (QED) is 0.773. The summed E-state index contributed by atoms with van der Waals surface area (Å²) in [5.41, 5.74) is -0.871. The Hall–Kier alpha value is -1.13. The van der Waals surface area contributed by atoms with E-state index in [1.165, 1.54) is 0 Å². The van der Waals surface area contributed by atoms with Gasteiger partial charge in [0.15, 0.2) is 0 Å². The van der Waals surface area contributed by atoms with Crippen LogP contribution < -0.4 is 4.72 Å². The lowest BCUT2D eigenvalue weighted by molar-refractivity contribution is -0.140. The average molecular weight is 302 g/mol. The summed E-state index contributed by atoms with van der Waals surface area (Å²) in [5, 5.41) is 18.3. The minimum Gasteiger partial charge on any atom is -0.480 e. The third kappa shape index (κ3) is 4.46. The summed E-state index contributed by atoms with van der Waals surface area (Å²) in [6, 6.07) is 0.985. The van der Waals surface area contributed by atoms with Crippen molar-refractivity contribution in [2.75, 3.05) is 5.75 Å². The number of carbonyl (C=O) groups is 1. The molecule has 1 atom stereocenters. The van der Waals surface area contributed by atoms with Crippen LogP contribution in [0.3, 0.4) is 0 Å². The molecule has 0 heterocycles. The summed E-state index contributed by atoms with van der Waals surface area (Å²) in [6.45, 7) is 3.28. The highest BCUT2D eigenvalue weighted by Gasteiger charge is 2.38. The summed E-state index contributed by atoms with van der Waals surface area (Å²) in [7, 11) is -3.79. The molecule has 114 valence electrons. The van der Waals surface area contributed by atoms with E-state index in [0.29, 0.717) is 12.8 Å². The van der Waals surface area contributed by atoms with Gasteiger partial charge in [0, 0.05) is 0 Å². The number of aliphatic carboxylic acids is 1. The molecule has 0 aliphatic heterocycles. The molecule has 0 aromatic heterocycles. The highest BCUT2D eigenvalue weighted by Crippen LogP contribution is 2.36. The molecule has 7 heteroatoms. The number of carboxylic acid groups (broad SMARTS) is 1. The van der Waals surface area contributed by atoms with Crippen molar-refractivity contribution < 1.29 is 18.3 Å². The van der Waals surface area contributed by atoms with Crippen molar-refractivity contribution in [2.24, 2.45) is 11.3 Å². The molecule has 0 radical (unpaired) electrons. The molecule has 0 aromatic rings. The predicted molar refractivity (Wildman–Crippen MR) is 74.3 cm³/mol. The van der Waals surface area contributed by atoms with Crippen molar-refractivity contribution in [3.63, 3.8) is 0 Å². The number of nitriles is 1. The molecule has 1 fully saturated rings. The zero-order valence-corrected chi connectivity index (χ0v) is 12.7. The Morgan fingerprint density at radius 3 is 2.30 bits per heavy atom. The summed E-state index contributed by atoms with van der Waals surface area (Å²) in [5.74, 6) is -1.86. The lowest BCUT2D eigenvalue weighted by Crippen LogP contribution is -2.47. The maximum atomic E-state index is 12.2. The van der Waals surface area contributed by atoms with Crippen LogP contribution in [0.25, 0.3) is 0 Å². The van der Waals surface area contributed by atoms with Crippen molar-refractivity contribution in [1.82, 2.24) is 4.72 Å². The van der Waals surface area contributed by atoms with Gasteiger partial charge < -0.3 is 5.11 Å². The maximum absolute atomic E-state index is 12.2. The summed E-state index contributed by atoms with van der Waals surface area (Å²) in [4.78, 5) is 11.1. The van der Waals surface area contributed by atoms with E-state index in [-0.39, 0.29) is 11.7 Å². The highest BCUT2D eigenvalue weighted by atomic mass is 32.2. The van der Waals surface area contributed by atoms with Gasteiger partial charge in [-0.3, -0.25) is 4.79 Å². The summed E-state index contributed by atoms with van der Waals surface area (Å²) < 4.78 is 26.5.